The molecule has 0 amide bonds. The molecule has 0 fully saturated rings. The average molecular weight is 310 g/mol. The molecule has 0 heterocycles. The van der Waals surface area contributed by atoms with Gasteiger partial charge < -0.3 is 18.9 Å². The van der Waals surface area contributed by atoms with E-state index in [0.29, 0.717) is 0 Å². The molecule has 122 valence electrons. The lowest BCUT2D eigenvalue weighted by molar-refractivity contribution is 0.0795. The quantitative estimate of drug-likeness (QED) is 0.583. The third-order valence-electron chi connectivity index (χ3n) is 2.30. The molecule has 1 aromatic carbocycles. The SMILES string of the molecule is CC(C)COC(=O)Oc1ccccc1OC(=O)OCC(C)C. The first-order chi connectivity index (χ1) is 10.4. The third kappa shape index (κ3) is 6.97. The van der Waals surface area contributed by atoms with Crippen molar-refractivity contribution in [3.05, 3.63) is 24.3 Å². The van der Waals surface area contributed by atoms with Crippen LogP contribution in [0.25, 0.3) is 0 Å². The minimum Gasteiger partial charge on any atom is -0.434 e. The first-order valence-corrected chi connectivity index (χ1v) is 7.16. The predicted molar refractivity (Wildman–Crippen MR) is 80.1 cm³/mol. The number of hydrogen-bond donors (Lipinski definition) is 0. The van der Waals surface area contributed by atoms with Crippen molar-refractivity contribution < 1.29 is 28.5 Å². The molecule has 0 aromatic heterocycles. The zero-order chi connectivity index (χ0) is 16.5. The summed E-state index contributed by atoms with van der Waals surface area (Å²) < 4.78 is 19.9. The van der Waals surface area contributed by atoms with E-state index in [4.69, 9.17) is 18.9 Å². The molecule has 0 bridgehead atoms. The maximum absolute atomic E-state index is 11.6. The number of hydrogen-bond acceptors (Lipinski definition) is 6. The fourth-order valence-electron chi connectivity index (χ4n) is 1.33. The van der Waals surface area contributed by atoms with E-state index in [1.54, 1.807) is 12.1 Å². The van der Waals surface area contributed by atoms with E-state index in [9.17, 15) is 9.59 Å². The summed E-state index contributed by atoms with van der Waals surface area (Å²) in [5.74, 6) is 0.589. The lowest BCUT2D eigenvalue weighted by Gasteiger charge is -2.12. The standard InChI is InChI=1S/C16H22O6/c1-11(2)9-19-15(17)21-13-7-5-6-8-14(13)22-16(18)20-10-12(3)4/h5-8,11-12H,9-10H2,1-4H3. The molecule has 0 saturated heterocycles. The van der Waals surface area contributed by atoms with Gasteiger partial charge in [0.15, 0.2) is 11.5 Å². The van der Waals surface area contributed by atoms with E-state index in [1.165, 1.54) is 12.1 Å². The van der Waals surface area contributed by atoms with Gasteiger partial charge in [-0.1, -0.05) is 39.8 Å². The lowest BCUT2D eigenvalue weighted by Crippen LogP contribution is -2.17. The van der Waals surface area contributed by atoms with Crippen LogP contribution in [0.3, 0.4) is 0 Å². The molecule has 0 radical (unpaired) electrons. The molecule has 0 atom stereocenters. The number of ether oxygens (including phenoxy) is 4. The molecule has 0 spiro atoms. The molecule has 6 nitrogen and oxygen atoms in total. The predicted octanol–water partition coefficient (Wildman–Crippen LogP) is 4.03. The Hall–Kier alpha value is -2.24. The number of carbonyl (C=O) groups is 2. The minimum absolute atomic E-state index is 0.0951. The maximum atomic E-state index is 11.6. The van der Waals surface area contributed by atoms with Gasteiger partial charge in [-0.3, -0.25) is 0 Å². The molecule has 1 aromatic rings. The van der Waals surface area contributed by atoms with Crippen LogP contribution in [-0.2, 0) is 9.47 Å². The number of rotatable bonds is 6. The Labute approximate surface area is 130 Å². The van der Waals surface area contributed by atoms with E-state index in [2.05, 4.69) is 0 Å². The summed E-state index contributed by atoms with van der Waals surface area (Å²) in [5.41, 5.74) is 0. The van der Waals surface area contributed by atoms with Gasteiger partial charge in [-0.25, -0.2) is 9.59 Å². The molecule has 22 heavy (non-hydrogen) atoms. The van der Waals surface area contributed by atoms with Crippen molar-refractivity contribution in [2.45, 2.75) is 27.7 Å². The third-order valence-corrected chi connectivity index (χ3v) is 2.30. The smallest absolute Gasteiger partial charge is 0.434 e. The van der Waals surface area contributed by atoms with Crippen LogP contribution >= 0.6 is 0 Å². The summed E-state index contributed by atoms with van der Waals surface area (Å²) in [4.78, 5) is 23.1. The van der Waals surface area contributed by atoms with E-state index in [1.807, 2.05) is 27.7 Å². The van der Waals surface area contributed by atoms with Crippen LogP contribution < -0.4 is 9.47 Å². The normalized spacial score (nSPS) is 10.5. The molecule has 6 heteroatoms. The van der Waals surface area contributed by atoms with Crippen molar-refractivity contribution in [3.8, 4) is 11.5 Å². The highest BCUT2D eigenvalue weighted by atomic mass is 16.7. The number of carbonyl (C=O) groups excluding carboxylic acids is 2. The largest absolute Gasteiger partial charge is 0.513 e. The molecular formula is C16H22O6. The van der Waals surface area contributed by atoms with Crippen molar-refractivity contribution in [2.24, 2.45) is 11.8 Å². The van der Waals surface area contributed by atoms with E-state index < -0.39 is 12.3 Å². The van der Waals surface area contributed by atoms with Crippen LogP contribution in [0.4, 0.5) is 9.59 Å². The lowest BCUT2D eigenvalue weighted by atomic mass is 10.2. The topological polar surface area (TPSA) is 71.1 Å². The summed E-state index contributed by atoms with van der Waals surface area (Å²) in [6, 6.07) is 6.30. The van der Waals surface area contributed by atoms with Gasteiger partial charge in [0.25, 0.3) is 0 Å². The van der Waals surface area contributed by atoms with Crippen molar-refractivity contribution in [2.75, 3.05) is 13.2 Å². The van der Waals surface area contributed by atoms with Gasteiger partial charge in [0, 0.05) is 0 Å². The van der Waals surface area contributed by atoms with E-state index in [-0.39, 0.29) is 36.5 Å². The second-order valence-corrected chi connectivity index (χ2v) is 5.56. The zero-order valence-corrected chi connectivity index (χ0v) is 13.3. The van der Waals surface area contributed by atoms with Crippen molar-refractivity contribution in [1.82, 2.24) is 0 Å². The second-order valence-electron chi connectivity index (χ2n) is 5.56. The molecule has 0 N–H and O–H groups in total. The highest BCUT2D eigenvalue weighted by Gasteiger charge is 2.15. The van der Waals surface area contributed by atoms with Gasteiger partial charge in [0.1, 0.15) is 0 Å². The van der Waals surface area contributed by atoms with Gasteiger partial charge in [-0.15, -0.1) is 0 Å². The number of benzene rings is 1. The summed E-state index contributed by atoms with van der Waals surface area (Å²) in [6.07, 6.45) is -1.69. The summed E-state index contributed by atoms with van der Waals surface area (Å²) in [5, 5.41) is 0. The summed E-state index contributed by atoms with van der Waals surface area (Å²) in [6.45, 7) is 8.14. The van der Waals surface area contributed by atoms with Gasteiger partial charge in [0.05, 0.1) is 13.2 Å². The first kappa shape index (κ1) is 17.8. The Kier molecular flexibility index (Phi) is 7.22. The van der Waals surface area contributed by atoms with Gasteiger partial charge in [-0.05, 0) is 24.0 Å². The van der Waals surface area contributed by atoms with Gasteiger partial charge >= 0.3 is 12.3 Å². The highest BCUT2D eigenvalue weighted by molar-refractivity contribution is 5.68. The maximum Gasteiger partial charge on any atom is 0.513 e. The van der Waals surface area contributed by atoms with Crippen LogP contribution in [-0.4, -0.2) is 25.5 Å². The van der Waals surface area contributed by atoms with Crippen molar-refractivity contribution in [3.63, 3.8) is 0 Å². The molecule has 1 rings (SSSR count). The van der Waals surface area contributed by atoms with Crippen LogP contribution in [0.5, 0.6) is 11.5 Å². The van der Waals surface area contributed by atoms with Gasteiger partial charge in [0.2, 0.25) is 0 Å². The summed E-state index contributed by atoms with van der Waals surface area (Å²) >= 11 is 0. The van der Waals surface area contributed by atoms with Gasteiger partial charge in [-0.2, -0.15) is 0 Å². The monoisotopic (exact) mass is 310 g/mol. The Morgan fingerprint density at radius 1 is 0.818 bits per heavy atom. The van der Waals surface area contributed by atoms with E-state index in [0.717, 1.165) is 0 Å². The fourth-order valence-corrected chi connectivity index (χ4v) is 1.33. The van der Waals surface area contributed by atoms with Crippen LogP contribution in [0, 0.1) is 11.8 Å². The molecular weight excluding hydrogens is 288 g/mol. The Morgan fingerprint density at radius 2 is 1.18 bits per heavy atom. The van der Waals surface area contributed by atoms with Crippen LogP contribution in [0.15, 0.2) is 24.3 Å². The molecule has 0 aliphatic carbocycles. The highest BCUT2D eigenvalue weighted by Crippen LogP contribution is 2.27. The number of para-hydroxylation sites is 2. The zero-order valence-electron chi connectivity index (χ0n) is 13.3. The van der Waals surface area contributed by atoms with Crippen molar-refractivity contribution in [1.29, 1.82) is 0 Å². The summed E-state index contributed by atoms with van der Waals surface area (Å²) in [7, 11) is 0. The fraction of sp³-hybridized carbons (Fsp3) is 0.500. The Bertz CT molecular complexity index is 450. The van der Waals surface area contributed by atoms with Crippen LogP contribution in [0.1, 0.15) is 27.7 Å². The molecule has 0 unspecified atom stereocenters. The molecule has 0 aliphatic heterocycles. The second kappa shape index (κ2) is 8.92. The van der Waals surface area contributed by atoms with Crippen LogP contribution in [0.2, 0.25) is 0 Å². The Morgan fingerprint density at radius 3 is 1.50 bits per heavy atom. The average Bonchev–Trinajstić information content (AvgIpc) is 2.45. The van der Waals surface area contributed by atoms with E-state index >= 15 is 0 Å². The Balaban J connectivity index is 2.61. The first-order valence-electron chi connectivity index (χ1n) is 7.16. The van der Waals surface area contributed by atoms with Crippen molar-refractivity contribution >= 4 is 12.3 Å². The molecule has 0 saturated carbocycles. The molecule has 0 aliphatic rings. The minimum atomic E-state index is -0.847.